The summed E-state index contributed by atoms with van der Waals surface area (Å²) < 4.78 is 5.11. The van der Waals surface area contributed by atoms with Crippen LogP contribution in [0.2, 0.25) is 0 Å². The molecule has 0 aromatic rings. The highest BCUT2D eigenvalue weighted by Gasteiger charge is 2.14. The zero-order valence-electron chi connectivity index (χ0n) is 9.07. The van der Waals surface area contributed by atoms with Crippen LogP contribution in [-0.4, -0.2) is 30.2 Å². The Morgan fingerprint density at radius 3 is 2.31 bits per heavy atom. The van der Waals surface area contributed by atoms with Crippen LogP contribution in [0.4, 0.5) is 0 Å². The summed E-state index contributed by atoms with van der Waals surface area (Å²) in [6.45, 7) is 7.76. The molecule has 0 saturated heterocycles. The summed E-state index contributed by atoms with van der Waals surface area (Å²) in [4.78, 5) is 13.0. The number of esters is 1. The smallest absolute Gasteiger partial charge is 0.331 e. The van der Waals surface area contributed by atoms with Crippen LogP contribution in [-0.2, 0) is 9.53 Å². The van der Waals surface area contributed by atoms with Crippen LogP contribution in [0.25, 0.3) is 0 Å². The average Bonchev–Trinajstić information content (AvgIpc) is 2.03. The first-order valence-corrected chi connectivity index (χ1v) is 4.54. The fourth-order valence-electron chi connectivity index (χ4n) is 0.846. The maximum Gasteiger partial charge on any atom is 0.331 e. The topological polar surface area (TPSA) is 29.5 Å². The van der Waals surface area contributed by atoms with Crippen molar-refractivity contribution in [3.8, 4) is 0 Å². The van der Waals surface area contributed by atoms with E-state index in [4.69, 9.17) is 4.74 Å². The predicted molar refractivity (Wildman–Crippen MR) is 53.3 cm³/mol. The number of nitrogens with zero attached hydrogens (tertiary/aromatic N) is 1. The van der Waals surface area contributed by atoms with Gasteiger partial charge in [0.15, 0.2) is 6.23 Å². The Balaban J connectivity index is 3.99. The highest BCUT2D eigenvalue weighted by Crippen LogP contribution is 2.03. The summed E-state index contributed by atoms with van der Waals surface area (Å²) >= 11 is 0. The van der Waals surface area contributed by atoms with Gasteiger partial charge < -0.3 is 4.74 Å². The molecule has 0 amide bonds. The SMILES string of the molecule is C/C=C/C(=O)OC(C)N(C)C(C)C. The van der Waals surface area contributed by atoms with Crippen molar-refractivity contribution in [3.05, 3.63) is 12.2 Å². The molecule has 13 heavy (non-hydrogen) atoms. The Morgan fingerprint density at radius 1 is 1.38 bits per heavy atom. The second kappa shape index (κ2) is 5.75. The molecule has 0 radical (unpaired) electrons. The maximum absolute atomic E-state index is 11.0. The summed E-state index contributed by atoms with van der Waals surface area (Å²) in [6.07, 6.45) is 2.92. The Bertz CT molecular complexity index is 187. The van der Waals surface area contributed by atoms with E-state index in [-0.39, 0.29) is 12.2 Å². The number of carbonyl (C=O) groups is 1. The number of carbonyl (C=O) groups excluding carboxylic acids is 1. The molecule has 1 atom stereocenters. The molecular formula is C10H19NO2. The van der Waals surface area contributed by atoms with Gasteiger partial charge in [-0.2, -0.15) is 0 Å². The Kier molecular flexibility index (Phi) is 5.39. The fraction of sp³-hybridized carbons (Fsp3) is 0.700. The third-order valence-electron chi connectivity index (χ3n) is 1.98. The van der Waals surface area contributed by atoms with Crippen LogP contribution in [0.3, 0.4) is 0 Å². The molecule has 3 nitrogen and oxygen atoms in total. The van der Waals surface area contributed by atoms with Crippen LogP contribution in [0.15, 0.2) is 12.2 Å². The summed E-state index contributed by atoms with van der Waals surface area (Å²) in [7, 11) is 1.93. The van der Waals surface area contributed by atoms with E-state index >= 15 is 0 Å². The molecule has 0 N–H and O–H groups in total. The quantitative estimate of drug-likeness (QED) is 0.380. The predicted octanol–water partition coefficient (Wildman–Crippen LogP) is 1.79. The molecular weight excluding hydrogens is 166 g/mol. The minimum Gasteiger partial charge on any atom is -0.443 e. The molecule has 76 valence electrons. The molecule has 0 bridgehead atoms. The van der Waals surface area contributed by atoms with Crippen LogP contribution < -0.4 is 0 Å². The number of hydrogen-bond donors (Lipinski definition) is 0. The number of rotatable bonds is 4. The van der Waals surface area contributed by atoms with E-state index in [1.54, 1.807) is 13.0 Å². The highest BCUT2D eigenvalue weighted by atomic mass is 16.6. The number of ether oxygens (including phenoxy) is 1. The first kappa shape index (κ1) is 12.2. The fourth-order valence-corrected chi connectivity index (χ4v) is 0.846. The molecule has 0 aliphatic rings. The lowest BCUT2D eigenvalue weighted by Gasteiger charge is -2.27. The van der Waals surface area contributed by atoms with E-state index in [1.807, 2.05) is 18.9 Å². The van der Waals surface area contributed by atoms with E-state index in [1.165, 1.54) is 6.08 Å². The van der Waals surface area contributed by atoms with Crippen molar-refractivity contribution in [2.45, 2.75) is 40.0 Å². The molecule has 1 unspecified atom stereocenters. The first-order valence-electron chi connectivity index (χ1n) is 4.54. The minimum absolute atomic E-state index is 0.177. The second-order valence-corrected chi connectivity index (χ2v) is 3.30. The van der Waals surface area contributed by atoms with E-state index in [2.05, 4.69) is 13.8 Å². The van der Waals surface area contributed by atoms with Crippen molar-refractivity contribution >= 4 is 5.97 Å². The molecule has 0 heterocycles. The van der Waals surface area contributed by atoms with Crippen molar-refractivity contribution < 1.29 is 9.53 Å². The van der Waals surface area contributed by atoms with Gasteiger partial charge in [0.05, 0.1) is 0 Å². The van der Waals surface area contributed by atoms with Crippen molar-refractivity contribution in [2.24, 2.45) is 0 Å². The number of allylic oxidation sites excluding steroid dienone is 1. The normalized spacial score (nSPS) is 14.1. The Hall–Kier alpha value is -0.830. The molecule has 0 saturated carbocycles. The first-order chi connectivity index (χ1) is 5.99. The van der Waals surface area contributed by atoms with Gasteiger partial charge in [-0.15, -0.1) is 0 Å². The third-order valence-corrected chi connectivity index (χ3v) is 1.98. The second-order valence-electron chi connectivity index (χ2n) is 3.30. The summed E-state index contributed by atoms with van der Waals surface area (Å²) in [5.41, 5.74) is 0. The molecule has 0 aliphatic heterocycles. The van der Waals surface area contributed by atoms with Crippen LogP contribution >= 0.6 is 0 Å². The zero-order chi connectivity index (χ0) is 10.4. The summed E-state index contributed by atoms with van der Waals surface area (Å²) in [6, 6.07) is 0.369. The van der Waals surface area contributed by atoms with Crippen LogP contribution in [0.5, 0.6) is 0 Å². The van der Waals surface area contributed by atoms with Gasteiger partial charge in [-0.05, 0) is 34.7 Å². The Morgan fingerprint density at radius 2 is 1.92 bits per heavy atom. The van der Waals surface area contributed by atoms with Crippen LogP contribution in [0, 0.1) is 0 Å². The lowest BCUT2D eigenvalue weighted by atomic mass is 10.3. The maximum atomic E-state index is 11.0. The van der Waals surface area contributed by atoms with Crippen LogP contribution in [0.1, 0.15) is 27.7 Å². The van der Waals surface area contributed by atoms with Gasteiger partial charge in [-0.3, -0.25) is 4.90 Å². The molecule has 0 aromatic carbocycles. The van der Waals surface area contributed by atoms with Gasteiger partial charge in [0, 0.05) is 12.1 Å². The van der Waals surface area contributed by atoms with Gasteiger partial charge in [-0.1, -0.05) is 6.08 Å². The number of hydrogen-bond acceptors (Lipinski definition) is 3. The minimum atomic E-state index is -0.289. The van der Waals surface area contributed by atoms with E-state index in [9.17, 15) is 4.79 Å². The molecule has 0 aromatic heterocycles. The van der Waals surface area contributed by atoms with Crippen molar-refractivity contribution in [1.29, 1.82) is 0 Å². The standard InChI is InChI=1S/C10H19NO2/c1-6-7-10(12)13-9(4)11(5)8(2)3/h6-9H,1-5H3/b7-6+. The van der Waals surface area contributed by atoms with Gasteiger partial charge in [0.2, 0.25) is 0 Å². The summed E-state index contributed by atoms with van der Waals surface area (Å²) in [5.74, 6) is -0.289. The lowest BCUT2D eigenvalue weighted by Crippen LogP contribution is -2.37. The van der Waals surface area contributed by atoms with E-state index in [0.29, 0.717) is 6.04 Å². The van der Waals surface area contributed by atoms with Gasteiger partial charge in [0.1, 0.15) is 0 Å². The summed E-state index contributed by atoms with van der Waals surface area (Å²) in [5, 5.41) is 0. The van der Waals surface area contributed by atoms with E-state index in [0.717, 1.165) is 0 Å². The molecule has 0 rings (SSSR count). The van der Waals surface area contributed by atoms with Gasteiger partial charge >= 0.3 is 5.97 Å². The Labute approximate surface area is 80.4 Å². The molecule has 0 fully saturated rings. The lowest BCUT2D eigenvalue weighted by molar-refractivity contribution is -0.151. The van der Waals surface area contributed by atoms with Crippen molar-refractivity contribution in [3.63, 3.8) is 0 Å². The van der Waals surface area contributed by atoms with Gasteiger partial charge in [0.25, 0.3) is 0 Å². The zero-order valence-corrected chi connectivity index (χ0v) is 9.07. The molecule has 0 aliphatic carbocycles. The monoisotopic (exact) mass is 185 g/mol. The van der Waals surface area contributed by atoms with Gasteiger partial charge in [-0.25, -0.2) is 4.79 Å². The molecule has 0 spiro atoms. The van der Waals surface area contributed by atoms with Crippen molar-refractivity contribution in [1.82, 2.24) is 4.90 Å². The van der Waals surface area contributed by atoms with E-state index < -0.39 is 0 Å². The molecule has 3 heteroatoms. The third kappa shape index (κ3) is 4.68. The highest BCUT2D eigenvalue weighted by molar-refractivity contribution is 5.81. The largest absolute Gasteiger partial charge is 0.443 e. The average molecular weight is 185 g/mol. The van der Waals surface area contributed by atoms with Crippen molar-refractivity contribution in [2.75, 3.05) is 7.05 Å².